The van der Waals surface area contributed by atoms with Gasteiger partial charge in [-0.1, -0.05) is 105 Å². The second-order valence-corrected chi connectivity index (χ2v) is 11.8. The highest BCUT2D eigenvalue weighted by Gasteiger charge is 2.36. The molecule has 1 aliphatic rings. The number of hydrogen-bond donors (Lipinski definition) is 0. The molecule has 0 N–H and O–H groups in total. The van der Waals surface area contributed by atoms with Crippen molar-refractivity contribution in [3.05, 3.63) is 139 Å². The van der Waals surface area contributed by atoms with E-state index in [9.17, 15) is 0 Å². The number of aromatic nitrogens is 1. The standard InChI is InChI=1S/C39H27N/c1-39(2)35-19-11-10-18-29(35)32-21-34-33-20-30-27-16-8-6-14-25(27)26-15-7-9-17-28(26)31(30)22-37(33)40(38(34)23-36(32)39)24-12-4-3-5-13-24/h3-23H,1-2H3. The number of hydrogen-bond acceptors (Lipinski definition) is 0. The molecule has 1 aliphatic carbocycles. The third-order valence-corrected chi connectivity index (χ3v) is 9.35. The molecule has 9 rings (SSSR count). The van der Waals surface area contributed by atoms with Crippen LogP contribution in [-0.2, 0) is 5.41 Å². The molecule has 1 nitrogen and oxygen atoms in total. The molecule has 0 spiro atoms. The van der Waals surface area contributed by atoms with Gasteiger partial charge in [-0.05, 0) is 91.0 Å². The van der Waals surface area contributed by atoms with Gasteiger partial charge in [0.1, 0.15) is 0 Å². The Morgan fingerprint density at radius 2 is 0.925 bits per heavy atom. The second kappa shape index (κ2) is 7.61. The molecule has 0 bridgehead atoms. The first-order chi connectivity index (χ1) is 19.6. The monoisotopic (exact) mass is 509 g/mol. The summed E-state index contributed by atoms with van der Waals surface area (Å²) in [5.41, 5.74) is 9.22. The van der Waals surface area contributed by atoms with Gasteiger partial charge >= 0.3 is 0 Å². The largest absolute Gasteiger partial charge is 0.309 e. The molecule has 0 amide bonds. The Balaban J connectivity index is 1.52. The number of nitrogens with zero attached hydrogens (tertiary/aromatic N) is 1. The fraction of sp³-hybridized carbons (Fsp3) is 0.0769. The third kappa shape index (κ3) is 2.72. The molecule has 7 aromatic carbocycles. The van der Waals surface area contributed by atoms with E-state index < -0.39 is 0 Å². The predicted molar refractivity (Wildman–Crippen MR) is 171 cm³/mol. The van der Waals surface area contributed by atoms with Crippen molar-refractivity contribution < 1.29 is 0 Å². The van der Waals surface area contributed by atoms with Crippen molar-refractivity contribution in [3.63, 3.8) is 0 Å². The van der Waals surface area contributed by atoms with E-state index in [2.05, 4.69) is 146 Å². The van der Waals surface area contributed by atoms with Crippen LogP contribution in [0, 0.1) is 0 Å². The zero-order valence-electron chi connectivity index (χ0n) is 22.6. The smallest absolute Gasteiger partial charge is 0.0547 e. The van der Waals surface area contributed by atoms with Crippen molar-refractivity contribution in [1.29, 1.82) is 0 Å². The molecule has 188 valence electrons. The molecule has 40 heavy (non-hydrogen) atoms. The van der Waals surface area contributed by atoms with Crippen molar-refractivity contribution in [3.8, 4) is 16.8 Å². The summed E-state index contributed by atoms with van der Waals surface area (Å²) in [6.07, 6.45) is 0. The molecular formula is C39H27N. The number of rotatable bonds is 1. The first-order valence-corrected chi connectivity index (χ1v) is 14.1. The third-order valence-electron chi connectivity index (χ3n) is 9.35. The lowest BCUT2D eigenvalue weighted by Crippen LogP contribution is -2.14. The topological polar surface area (TPSA) is 4.93 Å². The van der Waals surface area contributed by atoms with Crippen LogP contribution < -0.4 is 0 Å². The predicted octanol–water partition coefficient (Wildman–Crippen LogP) is 10.5. The van der Waals surface area contributed by atoms with Crippen LogP contribution in [0.1, 0.15) is 25.0 Å². The normalized spacial score (nSPS) is 13.9. The van der Waals surface area contributed by atoms with Gasteiger partial charge < -0.3 is 4.57 Å². The maximum absolute atomic E-state index is 2.48. The van der Waals surface area contributed by atoms with Gasteiger partial charge in [0.2, 0.25) is 0 Å². The fourth-order valence-electron chi connectivity index (χ4n) is 7.46. The van der Waals surface area contributed by atoms with Crippen LogP contribution in [0.4, 0.5) is 0 Å². The average Bonchev–Trinajstić information content (AvgIpc) is 3.44. The molecule has 0 saturated heterocycles. The van der Waals surface area contributed by atoms with E-state index in [1.807, 2.05) is 0 Å². The molecule has 1 aromatic heterocycles. The zero-order chi connectivity index (χ0) is 26.6. The van der Waals surface area contributed by atoms with Crippen LogP contribution in [0.5, 0.6) is 0 Å². The SMILES string of the molecule is CC1(C)c2ccccc2-c2cc3c4cc5c6ccccc6c6ccccc6c5cc4n(-c4ccccc4)c3cc21. The summed E-state index contributed by atoms with van der Waals surface area (Å²) in [5.74, 6) is 0. The molecule has 0 radical (unpaired) electrons. The molecule has 0 saturated carbocycles. The van der Waals surface area contributed by atoms with Gasteiger partial charge in [0.05, 0.1) is 11.0 Å². The Hall–Kier alpha value is -4.88. The van der Waals surface area contributed by atoms with Gasteiger partial charge in [-0.25, -0.2) is 0 Å². The minimum absolute atomic E-state index is 0.0464. The van der Waals surface area contributed by atoms with Crippen LogP contribution in [0.25, 0.3) is 70.9 Å². The Kier molecular flexibility index (Phi) is 4.18. The summed E-state index contributed by atoms with van der Waals surface area (Å²) < 4.78 is 2.48. The second-order valence-electron chi connectivity index (χ2n) is 11.8. The van der Waals surface area contributed by atoms with Gasteiger partial charge in [0.25, 0.3) is 0 Å². The summed E-state index contributed by atoms with van der Waals surface area (Å²) in [6.45, 7) is 4.73. The fourth-order valence-corrected chi connectivity index (χ4v) is 7.46. The molecule has 1 heteroatoms. The van der Waals surface area contributed by atoms with Crippen molar-refractivity contribution in [2.75, 3.05) is 0 Å². The lowest BCUT2D eigenvalue weighted by Gasteiger charge is -2.21. The van der Waals surface area contributed by atoms with E-state index in [-0.39, 0.29) is 5.41 Å². The number of benzene rings is 7. The minimum atomic E-state index is -0.0464. The van der Waals surface area contributed by atoms with E-state index in [0.29, 0.717) is 0 Å². The first kappa shape index (κ1) is 22.0. The molecule has 8 aromatic rings. The lowest BCUT2D eigenvalue weighted by molar-refractivity contribution is 0.661. The Bertz CT molecular complexity index is 2330. The van der Waals surface area contributed by atoms with Gasteiger partial charge in [-0.2, -0.15) is 0 Å². The average molecular weight is 510 g/mol. The van der Waals surface area contributed by atoms with Crippen LogP contribution in [0.2, 0.25) is 0 Å². The van der Waals surface area contributed by atoms with Gasteiger partial charge in [-0.3, -0.25) is 0 Å². The molecule has 0 aliphatic heterocycles. The molecule has 0 fully saturated rings. The van der Waals surface area contributed by atoms with Crippen LogP contribution in [0.15, 0.2) is 127 Å². The Morgan fingerprint density at radius 3 is 1.62 bits per heavy atom. The van der Waals surface area contributed by atoms with Crippen molar-refractivity contribution in [1.82, 2.24) is 4.57 Å². The van der Waals surface area contributed by atoms with Crippen LogP contribution >= 0.6 is 0 Å². The quantitative estimate of drug-likeness (QED) is 0.194. The number of para-hydroxylation sites is 1. The van der Waals surface area contributed by atoms with Crippen molar-refractivity contribution in [2.24, 2.45) is 0 Å². The van der Waals surface area contributed by atoms with Crippen molar-refractivity contribution in [2.45, 2.75) is 19.3 Å². The summed E-state index contributed by atoms with van der Waals surface area (Å²) in [6, 6.07) is 47.3. The Labute approximate surface area is 232 Å². The van der Waals surface area contributed by atoms with Crippen LogP contribution in [0.3, 0.4) is 0 Å². The molecular weight excluding hydrogens is 482 g/mol. The van der Waals surface area contributed by atoms with Gasteiger partial charge in [-0.15, -0.1) is 0 Å². The van der Waals surface area contributed by atoms with E-state index in [0.717, 1.165) is 0 Å². The zero-order valence-corrected chi connectivity index (χ0v) is 22.6. The highest BCUT2D eigenvalue weighted by atomic mass is 15.0. The van der Waals surface area contributed by atoms with E-state index in [4.69, 9.17) is 0 Å². The summed E-state index contributed by atoms with van der Waals surface area (Å²) >= 11 is 0. The lowest BCUT2D eigenvalue weighted by atomic mass is 9.82. The first-order valence-electron chi connectivity index (χ1n) is 14.1. The molecule has 1 heterocycles. The van der Waals surface area contributed by atoms with E-state index in [1.165, 1.54) is 82.1 Å². The summed E-state index contributed by atoms with van der Waals surface area (Å²) in [4.78, 5) is 0. The molecule has 0 atom stereocenters. The van der Waals surface area contributed by atoms with Crippen molar-refractivity contribution >= 4 is 54.1 Å². The Morgan fingerprint density at radius 1 is 0.400 bits per heavy atom. The van der Waals surface area contributed by atoms with Crippen LogP contribution in [-0.4, -0.2) is 4.57 Å². The number of fused-ring (bicyclic) bond motifs is 12. The van der Waals surface area contributed by atoms with E-state index in [1.54, 1.807) is 0 Å². The molecule has 0 unspecified atom stereocenters. The van der Waals surface area contributed by atoms with E-state index >= 15 is 0 Å². The maximum Gasteiger partial charge on any atom is 0.0547 e. The van der Waals surface area contributed by atoms with Gasteiger partial charge in [0.15, 0.2) is 0 Å². The summed E-state index contributed by atoms with van der Waals surface area (Å²) in [5, 5.41) is 10.5. The minimum Gasteiger partial charge on any atom is -0.309 e. The van der Waals surface area contributed by atoms with Gasteiger partial charge in [0, 0.05) is 21.9 Å². The highest BCUT2D eigenvalue weighted by Crippen LogP contribution is 2.51. The maximum atomic E-state index is 2.48. The highest BCUT2D eigenvalue weighted by molar-refractivity contribution is 6.29. The summed E-state index contributed by atoms with van der Waals surface area (Å²) in [7, 11) is 0.